The average molecular weight is 311 g/mol. The number of halogens is 1. The Hall–Kier alpha value is -1.72. The lowest BCUT2D eigenvalue weighted by atomic mass is 10.3. The molecule has 0 radical (unpaired) electrons. The maximum atomic E-state index is 12.3. The lowest BCUT2D eigenvalue weighted by molar-refractivity contribution is 0.601. The number of rotatable bonds is 4. The normalized spacial score (nSPS) is 11.2. The fourth-order valence-electron chi connectivity index (χ4n) is 1.67. The largest absolute Gasteiger partial charge is 0.378 e. The van der Waals surface area contributed by atoms with Crippen LogP contribution in [0.4, 0.5) is 11.4 Å². The molecule has 20 heavy (non-hydrogen) atoms. The van der Waals surface area contributed by atoms with E-state index in [2.05, 4.69) is 4.72 Å². The SMILES string of the molecule is CN(C)c1ccc(S(=O)(=O)Nc2ccccc2Cl)cc1. The molecule has 0 atom stereocenters. The number of nitrogens with one attached hydrogen (secondary N) is 1. The Morgan fingerprint density at radius 2 is 1.60 bits per heavy atom. The molecule has 0 aromatic heterocycles. The van der Waals surface area contributed by atoms with Crippen molar-refractivity contribution in [2.45, 2.75) is 4.90 Å². The van der Waals surface area contributed by atoms with Crippen molar-refractivity contribution in [3.05, 3.63) is 53.6 Å². The molecule has 6 heteroatoms. The smallest absolute Gasteiger partial charge is 0.261 e. The molecule has 4 nitrogen and oxygen atoms in total. The van der Waals surface area contributed by atoms with Crippen LogP contribution in [-0.4, -0.2) is 22.5 Å². The fraction of sp³-hybridized carbons (Fsp3) is 0.143. The number of hydrogen-bond donors (Lipinski definition) is 1. The third-order valence-electron chi connectivity index (χ3n) is 2.78. The summed E-state index contributed by atoms with van der Waals surface area (Å²) in [5.74, 6) is 0. The summed E-state index contributed by atoms with van der Waals surface area (Å²) in [4.78, 5) is 2.10. The predicted molar refractivity (Wildman–Crippen MR) is 83.0 cm³/mol. The quantitative estimate of drug-likeness (QED) is 0.943. The van der Waals surface area contributed by atoms with E-state index in [-0.39, 0.29) is 4.90 Å². The van der Waals surface area contributed by atoms with E-state index in [1.807, 2.05) is 19.0 Å². The molecule has 2 aromatic rings. The first-order valence-electron chi connectivity index (χ1n) is 5.95. The highest BCUT2D eigenvalue weighted by Crippen LogP contribution is 2.24. The molecular formula is C14H15ClN2O2S. The molecule has 0 amide bonds. The van der Waals surface area contributed by atoms with E-state index in [0.29, 0.717) is 10.7 Å². The zero-order valence-corrected chi connectivity index (χ0v) is 12.7. The fourth-order valence-corrected chi connectivity index (χ4v) is 2.99. The topological polar surface area (TPSA) is 49.4 Å². The van der Waals surface area contributed by atoms with Gasteiger partial charge in [-0.25, -0.2) is 8.42 Å². The first-order chi connectivity index (χ1) is 9.40. The molecule has 2 aromatic carbocycles. The molecular weight excluding hydrogens is 296 g/mol. The minimum atomic E-state index is -3.63. The van der Waals surface area contributed by atoms with Crippen LogP contribution >= 0.6 is 11.6 Å². The molecule has 106 valence electrons. The van der Waals surface area contributed by atoms with Gasteiger partial charge in [-0.2, -0.15) is 0 Å². The molecule has 0 fully saturated rings. The number of nitrogens with zero attached hydrogens (tertiary/aromatic N) is 1. The van der Waals surface area contributed by atoms with Crippen molar-refractivity contribution in [3.8, 4) is 0 Å². The second kappa shape index (κ2) is 5.73. The first kappa shape index (κ1) is 14.7. The zero-order valence-electron chi connectivity index (χ0n) is 11.2. The van der Waals surface area contributed by atoms with Gasteiger partial charge in [-0.3, -0.25) is 4.72 Å². The van der Waals surface area contributed by atoms with Gasteiger partial charge in [0.15, 0.2) is 0 Å². The van der Waals surface area contributed by atoms with E-state index in [1.165, 1.54) is 0 Å². The molecule has 0 unspecified atom stereocenters. The van der Waals surface area contributed by atoms with Gasteiger partial charge < -0.3 is 4.90 Å². The van der Waals surface area contributed by atoms with Crippen molar-refractivity contribution in [3.63, 3.8) is 0 Å². The monoisotopic (exact) mass is 310 g/mol. The molecule has 0 aliphatic rings. The molecule has 2 rings (SSSR count). The second-order valence-corrected chi connectivity index (χ2v) is 6.56. The Morgan fingerprint density at radius 1 is 1.00 bits per heavy atom. The van der Waals surface area contributed by atoms with Crippen LogP contribution in [0.3, 0.4) is 0 Å². The molecule has 0 heterocycles. The summed E-state index contributed by atoms with van der Waals surface area (Å²) < 4.78 is 27.0. The van der Waals surface area contributed by atoms with Gasteiger partial charge in [0.2, 0.25) is 0 Å². The van der Waals surface area contributed by atoms with Crippen molar-refractivity contribution in [1.82, 2.24) is 0 Å². The van der Waals surface area contributed by atoms with Gasteiger partial charge in [0, 0.05) is 19.8 Å². The average Bonchev–Trinajstić information content (AvgIpc) is 2.41. The molecule has 1 N–H and O–H groups in total. The highest BCUT2D eigenvalue weighted by atomic mass is 35.5. The van der Waals surface area contributed by atoms with E-state index in [1.54, 1.807) is 48.5 Å². The number of hydrogen-bond acceptors (Lipinski definition) is 3. The summed E-state index contributed by atoms with van der Waals surface area (Å²) in [6.07, 6.45) is 0. The number of para-hydroxylation sites is 1. The third kappa shape index (κ3) is 3.23. The Kier molecular flexibility index (Phi) is 4.20. The second-order valence-electron chi connectivity index (χ2n) is 4.47. The van der Waals surface area contributed by atoms with E-state index in [4.69, 9.17) is 11.6 Å². The van der Waals surface area contributed by atoms with E-state index in [9.17, 15) is 8.42 Å². The standard InChI is InChI=1S/C14H15ClN2O2S/c1-17(2)11-7-9-12(10-8-11)20(18,19)16-14-6-4-3-5-13(14)15/h3-10,16H,1-2H3. The van der Waals surface area contributed by atoms with Gasteiger partial charge in [0.05, 0.1) is 15.6 Å². The molecule has 0 aliphatic carbocycles. The highest BCUT2D eigenvalue weighted by molar-refractivity contribution is 7.92. The van der Waals surface area contributed by atoms with Crippen LogP contribution in [0.25, 0.3) is 0 Å². The van der Waals surface area contributed by atoms with Crippen LogP contribution in [0.5, 0.6) is 0 Å². The van der Waals surface area contributed by atoms with Gasteiger partial charge in [0.25, 0.3) is 10.0 Å². The summed E-state index contributed by atoms with van der Waals surface area (Å²) in [5, 5.41) is 0.362. The first-order valence-corrected chi connectivity index (χ1v) is 7.81. The van der Waals surface area contributed by atoms with Crippen molar-refractivity contribution in [2.24, 2.45) is 0 Å². The number of benzene rings is 2. The summed E-state index contributed by atoms with van der Waals surface area (Å²) in [7, 11) is 0.157. The minimum Gasteiger partial charge on any atom is -0.378 e. The Morgan fingerprint density at radius 3 is 2.15 bits per heavy atom. The molecule has 0 saturated carbocycles. The minimum absolute atomic E-state index is 0.197. The molecule has 0 saturated heterocycles. The maximum absolute atomic E-state index is 12.3. The van der Waals surface area contributed by atoms with Gasteiger partial charge in [-0.05, 0) is 36.4 Å². The maximum Gasteiger partial charge on any atom is 0.261 e. The van der Waals surface area contributed by atoms with Gasteiger partial charge in [0.1, 0.15) is 0 Å². The third-order valence-corrected chi connectivity index (χ3v) is 4.49. The van der Waals surface area contributed by atoms with Gasteiger partial charge in [-0.15, -0.1) is 0 Å². The van der Waals surface area contributed by atoms with Crippen molar-refractivity contribution in [1.29, 1.82) is 0 Å². The van der Waals surface area contributed by atoms with Gasteiger partial charge >= 0.3 is 0 Å². The van der Waals surface area contributed by atoms with Crippen LogP contribution in [0, 0.1) is 0 Å². The van der Waals surface area contributed by atoms with Crippen LogP contribution in [0.15, 0.2) is 53.4 Å². The van der Waals surface area contributed by atoms with Crippen molar-refractivity contribution in [2.75, 3.05) is 23.7 Å². The van der Waals surface area contributed by atoms with Gasteiger partial charge in [-0.1, -0.05) is 23.7 Å². The summed E-state index contributed by atoms with van der Waals surface area (Å²) in [5.41, 5.74) is 1.30. The zero-order chi connectivity index (χ0) is 14.8. The van der Waals surface area contributed by atoms with E-state index >= 15 is 0 Å². The van der Waals surface area contributed by atoms with Crippen LogP contribution < -0.4 is 9.62 Å². The Labute approximate surface area is 124 Å². The molecule has 0 aliphatic heterocycles. The Balaban J connectivity index is 2.29. The summed E-state index contributed by atoms with van der Waals surface area (Å²) in [6.45, 7) is 0. The van der Waals surface area contributed by atoms with Crippen LogP contribution in [0.1, 0.15) is 0 Å². The highest BCUT2D eigenvalue weighted by Gasteiger charge is 2.15. The summed E-state index contributed by atoms with van der Waals surface area (Å²) in [6, 6.07) is 13.3. The molecule has 0 bridgehead atoms. The lowest BCUT2D eigenvalue weighted by Gasteiger charge is -2.13. The van der Waals surface area contributed by atoms with Crippen LogP contribution in [0.2, 0.25) is 5.02 Å². The summed E-state index contributed by atoms with van der Waals surface area (Å²) >= 11 is 5.95. The predicted octanol–water partition coefficient (Wildman–Crippen LogP) is 3.21. The van der Waals surface area contributed by atoms with E-state index in [0.717, 1.165) is 5.69 Å². The molecule has 0 spiro atoms. The van der Waals surface area contributed by atoms with Crippen LogP contribution in [-0.2, 0) is 10.0 Å². The van der Waals surface area contributed by atoms with Crippen molar-refractivity contribution < 1.29 is 8.42 Å². The van der Waals surface area contributed by atoms with Crippen molar-refractivity contribution >= 4 is 33.0 Å². The lowest BCUT2D eigenvalue weighted by Crippen LogP contribution is -2.14. The number of anilines is 2. The number of sulfonamides is 1. The van der Waals surface area contributed by atoms with E-state index < -0.39 is 10.0 Å². The Bertz CT molecular complexity index is 697.